The van der Waals surface area contributed by atoms with Crippen molar-refractivity contribution in [3.63, 3.8) is 0 Å². The fourth-order valence-corrected chi connectivity index (χ4v) is 3.82. The van der Waals surface area contributed by atoms with Gasteiger partial charge in [0.25, 0.3) is 4.92 Å². The van der Waals surface area contributed by atoms with Gasteiger partial charge in [-0.1, -0.05) is 13.0 Å². The number of hydrogen-bond donors (Lipinski definition) is 2. The molecule has 0 unspecified atom stereocenters. The molecule has 0 aromatic heterocycles. The van der Waals surface area contributed by atoms with E-state index < -0.39 is 16.1 Å². The van der Waals surface area contributed by atoms with E-state index in [0.717, 1.165) is 5.56 Å². The summed E-state index contributed by atoms with van der Waals surface area (Å²) in [6.45, 7) is 8.66. The van der Waals surface area contributed by atoms with Gasteiger partial charge in [0.15, 0.2) is 5.78 Å². The molecular formula is C24H25N2O6+. The van der Waals surface area contributed by atoms with Gasteiger partial charge < -0.3 is 14.6 Å². The summed E-state index contributed by atoms with van der Waals surface area (Å²) in [5.74, 6) is 0.0560. The molecule has 3 rings (SSSR count). The molecule has 0 saturated heterocycles. The quantitative estimate of drug-likeness (QED) is 0.622. The Hall–Kier alpha value is -3.70. The summed E-state index contributed by atoms with van der Waals surface area (Å²) in [5, 5.41) is 29.2. The summed E-state index contributed by atoms with van der Waals surface area (Å²) >= 11 is 0. The van der Waals surface area contributed by atoms with Crippen LogP contribution in [-0.2, 0) is 16.0 Å². The Kier molecular flexibility index (Phi) is 5.81. The maximum Gasteiger partial charge on any atom is 0.337 e. The largest absolute Gasteiger partial charge is 0.508 e. The van der Waals surface area contributed by atoms with Crippen molar-refractivity contribution in [3.05, 3.63) is 63.8 Å². The summed E-state index contributed by atoms with van der Waals surface area (Å²) in [7, 11) is 0. The Morgan fingerprint density at radius 1 is 1.09 bits per heavy atom. The number of aliphatic hydroxyl groups is 1. The highest BCUT2D eigenvalue weighted by Gasteiger charge is 2.47. The van der Waals surface area contributed by atoms with Crippen LogP contribution in [0.5, 0.6) is 11.5 Å². The maximum absolute atomic E-state index is 13.2. The Morgan fingerprint density at radius 2 is 1.72 bits per heavy atom. The SMILES string of the molecule is CCc1ccc(Oc2ccc(C#N)c([N+](=O)O)c2)cc1C1=C(O)C(C)(C)OC(C)(C)C1=O. The van der Waals surface area contributed by atoms with E-state index in [-0.39, 0.29) is 34.1 Å². The van der Waals surface area contributed by atoms with Crippen LogP contribution in [0.1, 0.15) is 51.3 Å². The van der Waals surface area contributed by atoms with Crippen molar-refractivity contribution in [1.82, 2.24) is 0 Å². The average Bonchev–Trinajstić information content (AvgIpc) is 2.72. The number of carbonyl (C=O) groups excluding carboxylic acids is 1. The molecule has 0 spiro atoms. The molecule has 0 bridgehead atoms. The van der Waals surface area contributed by atoms with Crippen LogP contribution in [0.25, 0.3) is 5.57 Å². The van der Waals surface area contributed by atoms with Crippen LogP contribution in [-0.4, -0.2) is 32.2 Å². The van der Waals surface area contributed by atoms with Gasteiger partial charge in [0.05, 0.1) is 16.5 Å². The monoisotopic (exact) mass is 437 g/mol. The third-order valence-electron chi connectivity index (χ3n) is 5.35. The van der Waals surface area contributed by atoms with E-state index in [2.05, 4.69) is 0 Å². The smallest absolute Gasteiger partial charge is 0.337 e. The number of aryl methyl sites for hydroxylation is 1. The number of benzene rings is 2. The van der Waals surface area contributed by atoms with Crippen molar-refractivity contribution in [1.29, 1.82) is 5.26 Å². The predicted octanol–water partition coefficient (Wildman–Crippen LogP) is 5.14. The molecular weight excluding hydrogens is 412 g/mol. The molecule has 0 saturated carbocycles. The van der Waals surface area contributed by atoms with Gasteiger partial charge in [-0.3, -0.25) is 4.79 Å². The standard InChI is InChI=1S/C24H24N2O6/c1-6-14-7-9-16(31-17-10-8-15(13-25)19(12-17)26(29)30)11-18(14)20-21(27)23(2,3)32-24(4,5)22(20)28/h7-12H,6H2,1-5H3,(H-,27,28,29,30)/p+1. The van der Waals surface area contributed by atoms with Gasteiger partial charge in [0.1, 0.15) is 40.1 Å². The lowest BCUT2D eigenvalue weighted by Crippen LogP contribution is -2.49. The van der Waals surface area contributed by atoms with Crippen molar-refractivity contribution in [2.24, 2.45) is 0 Å². The fourth-order valence-electron chi connectivity index (χ4n) is 3.82. The van der Waals surface area contributed by atoms with Gasteiger partial charge in [0, 0.05) is 0 Å². The minimum absolute atomic E-state index is 0.00999. The number of ketones is 1. The van der Waals surface area contributed by atoms with Crippen LogP contribution in [0.15, 0.2) is 42.2 Å². The number of Topliss-reactive ketones (excluding diaryl/α,β-unsaturated/α-hetero) is 1. The molecule has 1 heterocycles. The zero-order chi connectivity index (χ0) is 23.8. The number of aliphatic hydroxyl groups excluding tert-OH is 1. The summed E-state index contributed by atoms with van der Waals surface area (Å²) in [5.41, 5.74) is -0.915. The molecule has 2 aromatic carbocycles. The van der Waals surface area contributed by atoms with Crippen LogP contribution in [0, 0.1) is 16.2 Å². The second-order valence-electron chi connectivity index (χ2n) is 8.51. The van der Waals surface area contributed by atoms with Crippen molar-refractivity contribution in [2.45, 2.75) is 52.2 Å². The van der Waals surface area contributed by atoms with E-state index in [0.29, 0.717) is 17.7 Å². The fraction of sp³-hybridized carbons (Fsp3) is 0.333. The highest BCUT2D eigenvalue weighted by Crippen LogP contribution is 2.42. The molecule has 1 aliphatic rings. The number of rotatable bonds is 5. The Labute approximate surface area is 185 Å². The molecule has 2 N–H and O–H groups in total. The normalized spacial score (nSPS) is 17.1. The average molecular weight is 437 g/mol. The molecule has 166 valence electrons. The van der Waals surface area contributed by atoms with E-state index in [1.165, 1.54) is 18.2 Å². The number of hydrogen-bond acceptors (Lipinski definition) is 6. The van der Waals surface area contributed by atoms with Gasteiger partial charge in [-0.25, -0.2) is 5.21 Å². The van der Waals surface area contributed by atoms with E-state index >= 15 is 0 Å². The van der Waals surface area contributed by atoms with Gasteiger partial charge in [-0.05, 0) is 69.5 Å². The molecule has 0 amide bonds. The first-order valence-corrected chi connectivity index (χ1v) is 10.1. The van der Waals surface area contributed by atoms with Crippen LogP contribution >= 0.6 is 0 Å². The zero-order valence-corrected chi connectivity index (χ0v) is 18.6. The maximum atomic E-state index is 13.2. The molecule has 0 radical (unpaired) electrons. The van der Waals surface area contributed by atoms with Crippen molar-refractivity contribution < 1.29 is 29.5 Å². The first-order valence-electron chi connectivity index (χ1n) is 10.1. The van der Waals surface area contributed by atoms with E-state index in [1.807, 2.05) is 13.0 Å². The first kappa shape index (κ1) is 23.0. The van der Waals surface area contributed by atoms with E-state index in [4.69, 9.17) is 14.7 Å². The molecule has 0 fully saturated rings. The highest BCUT2D eigenvalue weighted by molar-refractivity contribution is 6.26. The van der Waals surface area contributed by atoms with Gasteiger partial charge in [0.2, 0.25) is 0 Å². The molecule has 1 aliphatic heterocycles. The van der Waals surface area contributed by atoms with Gasteiger partial charge in [-0.15, -0.1) is 0 Å². The number of carbonyl (C=O) groups is 1. The summed E-state index contributed by atoms with van der Waals surface area (Å²) in [6.07, 6.45) is 0.609. The Bertz CT molecular complexity index is 1190. The van der Waals surface area contributed by atoms with Gasteiger partial charge >= 0.3 is 5.69 Å². The van der Waals surface area contributed by atoms with E-state index in [9.17, 15) is 20.0 Å². The third-order valence-corrected chi connectivity index (χ3v) is 5.35. The van der Waals surface area contributed by atoms with Crippen molar-refractivity contribution in [2.75, 3.05) is 0 Å². The van der Waals surface area contributed by atoms with E-state index in [1.54, 1.807) is 45.9 Å². The van der Waals surface area contributed by atoms with Crippen LogP contribution in [0.4, 0.5) is 5.69 Å². The summed E-state index contributed by atoms with van der Waals surface area (Å²) in [4.78, 5) is 24.1. The number of nitriles is 1. The van der Waals surface area contributed by atoms with Crippen molar-refractivity contribution in [3.8, 4) is 17.6 Å². The van der Waals surface area contributed by atoms with Gasteiger partial charge in [-0.2, -0.15) is 5.26 Å². The third kappa shape index (κ3) is 4.07. The van der Waals surface area contributed by atoms with Crippen molar-refractivity contribution >= 4 is 17.0 Å². The van der Waals surface area contributed by atoms with Crippen LogP contribution < -0.4 is 4.74 Å². The Morgan fingerprint density at radius 3 is 2.31 bits per heavy atom. The summed E-state index contributed by atoms with van der Waals surface area (Å²) in [6, 6.07) is 11.0. The van der Waals surface area contributed by atoms with Crippen LogP contribution in [0.3, 0.4) is 0 Å². The molecule has 32 heavy (non-hydrogen) atoms. The first-order chi connectivity index (χ1) is 14.9. The molecule has 0 atom stereocenters. The molecule has 8 nitrogen and oxygen atoms in total. The second-order valence-corrected chi connectivity index (χ2v) is 8.51. The number of nitrogens with zero attached hydrogens (tertiary/aromatic N) is 2. The van der Waals surface area contributed by atoms with Crippen LogP contribution in [0.2, 0.25) is 0 Å². The Balaban J connectivity index is 2.11. The lowest BCUT2D eigenvalue weighted by Gasteiger charge is -2.40. The predicted molar refractivity (Wildman–Crippen MR) is 116 cm³/mol. The molecule has 2 aromatic rings. The topological polar surface area (TPSA) is 120 Å². The lowest BCUT2D eigenvalue weighted by molar-refractivity contribution is -0.729. The molecule has 0 aliphatic carbocycles. The second kappa shape index (κ2) is 8.09. The zero-order valence-electron chi connectivity index (χ0n) is 18.6. The number of ether oxygens (including phenoxy) is 2. The minimum atomic E-state index is -1.13. The minimum Gasteiger partial charge on any atom is -0.508 e. The highest BCUT2D eigenvalue weighted by atomic mass is 16.6. The molecule has 8 heteroatoms. The summed E-state index contributed by atoms with van der Waals surface area (Å²) < 4.78 is 11.7. The lowest BCUT2D eigenvalue weighted by atomic mass is 9.81.